The number of rotatable bonds is 10. The maximum Gasteiger partial charge on any atom is 0.271 e. The number of halogens is 2. The molecule has 0 aliphatic carbocycles. The summed E-state index contributed by atoms with van der Waals surface area (Å²) in [6.07, 6.45) is 1.42. The van der Waals surface area contributed by atoms with Gasteiger partial charge in [0, 0.05) is 5.56 Å². The first-order chi connectivity index (χ1) is 16.9. The Balaban J connectivity index is 1.67. The minimum atomic E-state index is -0.414. The number of para-hydroxylation sites is 1. The Morgan fingerprint density at radius 3 is 2.54 bits per heavy atom. The second-order valence-corrected chi connectivity index (χ2v) is 7.83. The summed E-state index contributed by atoms with van der Waals surface area (Å²) in [5.74, 6) is 0.278. The molecular weight excluding hydrogens is 493 g/mol. The Morgan fingerprint density at radius 1 is 1.00 bits per heavy atom. The molecule has 0 aliphatic rings. The number of ether oxygens (including phenoxy) is 3. The number of hydrogen-bond acceptors (Lipinski definition) is 6. The molecule has 35 heavy (non-hydrogen) atoms. The first-order valence-corrected chi connectivity index (χ1v) is 11.3. The Hall–Kier alpha value is -3.75. The summed E-state index contributed by atoms with van der Waals surface area (Å²) in [6, 6.07) is 16.8. The zero-order chi connectivity index (χ0) is 25.2. The molecule has 0 atom stereocenters. The number of methoxy groups -OCH3 is 1. The van der Waals surface area contributed by atoms with Crippen LogP contribution in [0.4, 0.5) is 5.69 Å². The molecule has 0 bridgehead atoms. The van der Waals surface area contributed by atoms with Gasteiger partial charge >= 0.3 is 0 Å². The fourth-order valence-electron chi connectivity index (χ4n) is 2.95. The van der Waals surface area contributed by atoms with E-state index >= 15 is 0 Å². The van der Waals surface area contributed by atoms with Crippen molar-refractivity contribution in [3.05, 3.63) is 81.8 Å². The van der Waals surface area contributed by atoms with Gasteiger partial charge in [-0.15, -0.1) is 0 Å². The van der Waals surface area contributed by atoms with E-state index in [1.54, 1.807) is 67.6 Å². The van der Waals surface area contributed by atoms with Crippen molar-refractivity contribution in [3.8, 4) is 17.2 Å². The van der Waals surface area contributed by atoms with Crippen LogP contribution in [-0.4, -0.2) is 38.4 Å². The molecule has 2 amide bonds. The van der Waals surface area contributed by atoms with Crippen molar-refractivity contribution in [2.45, 2.75) is 6.92 Å². The number of benzene rings is 3. The van der Waals surface area contributed by atoms with Gasteiger partial charge in [0.15, 0.2) is 18.1 Å². The van der Waals surface area contributed by atoms with Crippen molar-refractivity contribution in [3.63, 3.8) is 0 Å². The molecule has 0 radical (unpaired) electrons. The van der Waals surface area contributed by atoms with Crippen LogP contribution in [0.25, 0.3) is 0 Å². The van der Waals surface area contributed by atoms with Gasteiger partial charge in [-0.05, 0) is 55.0 Å². The van der Waals surface area contributed by atoms with E-state index in [4.69, 9.17) is 37.4 Å². The van der Waals surface area contributed by atoms with Crippen LogP contribution in [0.5, 0.6) is 17.2 Å². The van der Waals surface area contributed by atoms with Crippen molar-refractivity contribution in [2.75, 3.05) is 25.6 Å². The molecule has 2 N–H and O–H groups in total. The van der Waals surface area contributed by atoms with Crippen LogP contribution in [0.2, 0.25) is 10.0 Å². The van der Waals surface area contributed by atoms with Gasteiger partial charge in [-0.3, -0.25) is 9.59 Å². The van der Waals surface area contributed by atoms with E-state index in [2.05, 4.69) is 15.8 Å². The number of nitrogens with zero attached hydrogens (tertiary/aromatic N) is 1. The summed E-state index contributed by atoms with van der Waals surface area (Å²) in [5, 5.41) is 7.27. The highest BCUT2D eigenvalue weighted by molar-refractivity contribution is 6.33. The van der Waals surface area contributed by atoms with Crippen LogP contribution < -0.4 is 25.0 Å². The number of carbonyl (C=O) groups excluding carboxylic acids is 2. The molecule has 0 fully saturated rings. The molecule has 10 heteroatoms. The second-order valence-electron chi connectivity index (χ2n) is 7.01. The van der Waals surface area contributed by atoms with Crippen LogP contribution in [0, 0.1) is 0 Å². The Kier molecular flexibility index (Phi) is 9.34. The average molecular weight is 516 g/mol. The number of nitrogens with one attached hydrogen (secondary N) is 2. The van der Waals surface area contributed by atoms with Crippen molar-refractivity contribution in [2.24, 2.45) is 5.10 Å². The lowest BCUT2D eigenvalue weighted by atomic mass is 10.2. The molecule has 0 saturated carbocycles. The number of anilines is 1. The van der Waals surface area contributed by atoms with Gasteiger partial charge < -0.3 is 19.5 Å². The minimum absolute atomic E-state index is 0.209. The maximum absolute atomic E-state index is 12.3. The minimum Gasteiger partial charge on any atom is -0.497 e. The normalized spacial score (nSPS) is 10.6. The summed E-state index contributed by atoms with van der Waals surface area (Å²) in [4.78, 5) is 24.6. The third-order valence-electron chi connectivity index (χ3n) is 4.54. The summed E-state index contributed by atoms with van der Waals surface area (Å²) >= 11 is 12.5. The monoisotopic (exact) mass is 515 g/mol. The van der Waals surface area contributed by atoms with Crippen LogP contribution in [0.15, 0.2) is 65.8 Å². The second kappa shape index (κ2) is 12.6. The average Bonchev–Trinajstić information content (AvgIpc) is 2.85. The number of carbonyl (C=O) groups is 2. The molecule has 0 aliphatic heterocycles. The van der Waals surface area contributed by atoms with Crippen LogP contribution in [0.1, 0.15) is 22.8 Å². The van der Waals surface area contributed by atoms with Crippen LogP contribution >= 0.6 is 23.2 Å². The van der Waals surface area contributed by atoms with E-state index in [1.807, 2.05) is 0 Å². The highest BCUT2D eigenvalue weighted by Gasteiger charge is 2.15. The molecular formula is C25H23Cl2N3O5. The molecule has 0 spiro atoms. The summed E-state index contributed by atoms with van der Waals surface area (Å²) in [7, 11) is 1.52. The zero-order valence-electron chi connectivity index (χ0n) is 19.0. The number of amides is 2. The molecule has 3 rings (SSSR count). The van der Waals surface area contributed by atoms with Gasteiger partial charge in [-0.25, -0.2) is 5.43 Å². The third kappa shape index (κ3) is 7.37. The smallest absolute Gasteiger partial charge is 0.271 e. The van der Waals surface area contributed by atoms with Gasteiger partial charge in [0.05, 0.1) is 35.7 Å². The predicted molar refractivity (Wildman–Crippen MR) is 136 cm³/mol. The zero-order valence-corrected chi connectivity index (χ0v) is 20.5. The molecule has 8 nitrogen and oxygen atoms in total. The quantitative estimate of drug-likeness (QED) is 0.286. The van der Waals surface area contributed by atoms with E-state index < -0.39 is 11.8 Å². The molecule has 182 valence electrons. The van der Waals surface area contributed by atoms with Crippen molar-refractivity contribution in [1.29, 1.82) is 0 Å². The van der Waals surface area contributed by atoms with Crippen LogP contribution in [0.3, 0.4) is 0 Å². The van der Waals surface area contributed by atoms with Gasteiger partial charge in [0.2, 0.25) is 0 Å². The lowest BCUT2D eigenvalue weighted by Crippen LogP contribution is -2.20. The topological polar surface area (TPSA) is 98.2 Å². The molecule has 0 unspecified atom stereocenters. The Bertz CT molecular complexity index is 1230. The fourth-order valence-corrected chi connectivity index (χ4v) is 3.40. The number of hydrogen-bond donors (Lipinski definition) is 2. The fraction of sp³-hybridized carbons (Fsp3) is 0.160. The first-order valence-electron chi connectivity index (χ1n) is 10.5. The largest absolute Gasteiger partial charge is 0.497 e. The van der Waals surface area contributed by atoms with E-state index in [-0.39, 0.29) is 17.4 Å². The van der Waals surface area contributed by atoms with E-state index in [9.17, 15) is 9.59 Å². The Labute approximate surface area is 212 Å². The summed E-state index contributed by atoms with van der Waals surface area (Å²) < 4.78 is 16.4. The molecule has 3 aromatic rings. The highest BCUT2D eigenvalue weighted by atomic mass is 35.5. The Morgan fingerprint density at radius 2 is 1.80 bits per heavy atom. The summed E-state index contributed by atoms with van der Waals surface area (Å²) in [5.41, 5.74) is 3.87. The van der Waals surface area contributed by atoms with Gasteiger partial charge in [-0.2, -0.15) is 5.10 Å². The molecule has 3 aromatic carbocycles. The van der Waals surface area contributed by atoms with E-state index in [1.165, 1.54) is 13.3 Å². The van der Waals surface area contributed by atoms with E-state index in [0.29, 0.717) is 39.9 Å². The molecule has 0 aromatic heterocycles. The third-order valence-corrected chi connectivity index (χ3v) is 5.15. The van der Waals surface area contributed by atoms with Crippen molar-refractivity contribution >= 4 is 46.9 Å². The SMILES string of the molecule is CCOc1cc(/C=N/NC(=O)c2cccc(OC)c2)cc(Cl)c1OCC(=O)Nc1ccccc1Cl. The van der Waals surface area contributed by atoms with Crippen LogP contribution in [-0.2, 0) is 4.79 Å². The van der Waals surface area contributed by atoms with Crippen molar-refractivity contribution in [1.82, 2.24) is 5.43 Å². The highest BCUT2D eigenvalue weighted by Crippen LogP contribution is 2.36. The molecule has 0 saturated heterocycles. The first kappa shape index (κ1) is 25.9. The predicted octanol–water partition coefficient (Wildman–Crippen LogP) is 5.18. The number of hydrazone groups is 1. The van der Waals surface area contributed by atoms with Gasteiger partial charge in [0.25, 0.3) is 11.8 Å². The van der Waals surface area contributed by atoms with E-state index in [0.717, 1.165) is 0 Å². The summed E-state index contributed by atoms with van der Waals surface area (Å²) in [6.45, 7) is 1.83. The van der Waals surface area contributed by atoms with Gasteiger partial charge in [0.1, 0.15) is 5.75 Å². The van der Waals surface area contributed by atoms with Crippen molar-refractivity contribution < 1.29 is 23.8 Å². The lowest BCUT2D eigenvalue weighted by Gasteiger charge is -2.14. The lowest BCUT2D eigenvalue weighted by molar-refractivity contribution is -0.118. The standard InChI is InChI=1S/C25H23Cl2N3O5/c1-3-34-22-12-16(14-28-30-25(32)17-7-6-8-18(13-17)33-2)11-20(27)24(22)35-15-23(31)29-21-10-5-4-9-19(21)26/h4-14H,3,15H2,1-2H3,(H,29,31)(H,30,32)/b28-14+. The maximum atomic E-state index is 12.3. The van der Waals surface area contributed by atoms with Gasteiger partial charge in [-0.1, -0.05) is 41.4 Å². The molecule has 0 heterocycles.